The van der Waals surface area contributed by atoms with Crippen LogP contribution >= 0.6 is 11.6 Å². The number of nitrogens with one attached hydrogen (secondary N) is 1. The molecule has 2 heterocycles. The van der Waals surface area contributed by atoms with Crippen LogP contribution in [0, 0.1) is 5.92 Å². The molecular weight excluding hydrogens is 314 g/mol. The van der Waals surface area contributed by atoms with Gasteiger partial charge in [-0.3, -0.25) is 4.79 Å². The van der Waals surface area contributed by atoms with Crippen LogP contribution in [-0.4, -0.2) is 35.7 Å². The second kappa shape index (κ2) is 5.61. The van der Waals surface area contributed by atoms with Gasteiger partial charge in [0.15, 0.2) is 9.84 Å². The molecular formula is C13H18ClN3O3S. The standard InChI is InChI=1S/C13H18ClN3O3S/c14-11-6-15-17(7-9-3-4-9)13(18)12(11)16-10-2-1-5-21(19,20)8-10/h6,9-10,16H,1-5,7-8H2. The van der Waals surface area contributed by atoms with Crippen molar-refractivity contribution in [2.45, 2.75) is 38.3 Å². The molecule has 116 valence electrons. The molecule has 2 aliphatic rings. The lowest BCUT2D eigenvalue weighted by Gasteiger charge is -2.24. The van der Waals surface area contributed by atoms with E-state index < -0.39 is 9.84 Å². The van der Waals surface area contributed by atoms with E-state index in [4.69, 9.17) is 11.6 Å². The Morgan fingerprint density at radius 2 is 2.14 bits per heavy atom. The van der Waals surface area contributed by atoms with E-state index in [2.05, 4.69) is 10.4 Å². The van der Waals surface area contributed by atoms with Crippen molar-refractivity contribution in [1.29, 1.82) is 0 Å². The van der Waals surface area contributed by atoms with Gasteiger partial charge in [0.25, 0.3) is 5.56 Å². The Morgan fingerprint density at radius 1 is 1.38 bits per heavy atom. The van der Waals surface area contributed by atoms with Crippen molar-refractivity contribution in [2.75, 3.05) is 16.8 Å². The largest absolute Gasteiger partial charge is 0.376 e. The summed E-state index contributed by atoms with van der Waals surface area (Å²) in [5.74, 6) is 0.800. The topological polar surface area (TPSA) is 81.1 Å². The monoisotopic (exact) mass is 331 g/mol. The van der Waals surface area contributed by atoms with Crippen molar-refractivity contribution in [1.82, 2.24) is 9.78 Å². The molecule has 8 heteroatoms. The molecule has 1 saturated carbocycles. The fourth-order valence-corrected chi connectivity index (χ4v) is 4.43. The molecule has 0 spiro atoms. The Kier molecular flexibility index (Phi) is 3.96. The van der Waals surface area contributed by atoms with Crippen molar-refractivity contribution in [3.63, 3.8) is 0 Å². The Balaban J connectivity index is 1.82. The Hall–Kier alpha value is -1.08. The molecule has 6 nitrogen and oxygen atoms in total. The van der Waals surface area contributed by atoms with Crippen molar-refractivity contribution in [3.05, 3.63) is 21.6 Å². The molecule has 1 unspecified atom stereocenters. The minimum Gasteiger partial charge on any atom is -0.376 e. The van der Waals surface area contributed by atoms with Gasteiger partial charge in [0.2, 0.25) is 0 Å². The molecule has 1 N–H and O–H groups in total. The molecule has 1 atom stereocenters. The summed E-state index contributed by atoms with van der Waals surface area (Å²) in [5.41, 5.74) is 0.00629. The minimum atomic E-state index is -3.03. The Labute approximate surface area is 128 Å². The maximum Gasteiger partial charge on any atom is 0.291 e. The summed E-state index contributed by atoms with van der Waals surface area (Å²) in [6.45, 7) is 0.605. The second-order valence-corrected chi connectivity index (χ2v) is 8.53. The third-order valence-corrected chi connectivity index (χ3v) is 6.04. The lowest BCUT2D eigenvalue weighted by atomic mass is 10.2. The van der Waals surface area contributed by atoms with Gasteiger partial charge in [-0.15, -0.1) is 0 Å². The van der Waals surface area contributed by atoms with Crippen LogP contribution in [-0.2, 0) is 16.4 Å². The zero-order valence-corrected chi connectivity index (χ0v) is 13.2. The highest BCUT2D eigenvalue weighted by Crippen LogP contribution is 2.30. The van der Waals surface area contributed by atoms with Gasteiger partial charge >= 0.3 is 0 Å². The summed E-state index contributed by atoms with van der Waals surface area (Å²) in [6, 6.07) is -0.259. The average Bonchev–Trinajstić information content (AvgIpc) is 3.21. The van der Waals surface area contributed by atoms with Crippen molar-refractivity contribution in [3.8, 4) is 0 Å². The van der Waals surface area contributed by atoms with Gasteiger partial charge in [-0.25, -0.2) is 13.1 Å². The summed E-state index contributed by atoms with van der Waals surface area (Å²) >= 11 is 6.06. The van der Waals surface area contributed by atoms with Crippen molar-refractivity contribution in [2.24, 2.45) is 5.92 Å². The SMILES string of the molecule is O=c1c(NC2CCCS(=O)(=O)C2)c(Cl)cnn1CC1CC1. The predicted molar refractivity (Wildman–Crippen MR) is 81.5 cm³/mol. The number of sulfone groups is 1. The lowest BCUT2D eigenvalue weighted by Crippen LogP contribution is -2.37. The highest BCUT2D eigenvalue weighted by molar-refractivity contribution is 7.91. The van der Waals surface area contributed by atoms with E-state index in [1.54, 1.807) is 0 Å². The van der Waals surface area contributed by atoms with E-state index in [1.807, 2.05) is 0 Å². The normalized spacial score (nSPS) is 24.7. The molecule has 3 rings (SSSR count). The first-order valence-corrected chi connectivity index (χ1v) is 9.37. The van der Waals surface area contributed by atoms with Crippen LogP contribution in [0.15, 0.2) is 11.0 Å². The smallest absolute Gasteiger partial charge is 0.291 e. The zero-order valence-electron chi connectivity index (χ0n) is 11.6. The van der Waals surface area contributed by atoms with Gasteiger partial charge in [0, 0.05) is 12.6 Å². The Bertz CT molecular complexity index is 697. The van der Waals surface area contributed by atoms with Crippen LogP contribution in [0.1, 0.15) is 25.7 Å². The van der Waals surface area contributed by atoms with E-state index >= 15 is 0 Å². The van der Waals surface area contributed by atoms with E-state index in [0.717, 1.165) is 19.3 Å². The third kappa shape index (κ3) is 3.58. The molecule has 1 aliphatic carbocycles. The van der Waals surface area contributed by atoms with Gasteiger partial charge in [-0.05, 0) is 31.6 Å². The first-order valence-electron chi connectivity index (χ1n) is 7.17. The van der Waals surface area contributed by atoms with Crippen LogP contribution in [0.4, 0.5) is 5.69 Å². The summed E-state index contributed by atoms with van der Waals surface area (Å²) in [7, 11) is -3.03. The molecule has 21 heavy (non-hydrogen) atoms. The highest BCUT2D eigenvalue weighted by Gasteiger charge is 2.27. The number of rotatable bonds is 4. The molecule has 0 bridgehead atoms. The number of halogens is 1. The van der Waals surface area contributed by atoms with Crippen LogP contribution in [0.2, 0.25) is 5.02 Å². The van der Waals surface area contributed by atoms with Gasteiger partial charge < -0.3 is 5.32 Å². The molecule has 2 fully saturated rings. The van der Waals surface area contributed by atoms with E-state index in [9.17, 15) is 13.2 Å². The quantitative estimate of drug-likeness (QED) is 0.899. The summed E-state index contributed by atoms with van der Waals surface area (Å²) in [4.78, 5) is 12.4. The zero-order chi connectivity index (χ0) is 15.0. The molecule has 0 amide bonds. The second-order valence-electron chi connectivity index (χ2n) is 5.90. The van der Waals surface area contributed by atoms with Gasteiger partial charge in [0.05, 0.1) is 22.7 Å². The fraction of sp³-hybridized carbons (Fsp3) is 0.692. The first-order chi connectivity index (χ1) is 9.94. The number of anilines is 1. The summed E-state index contributed by atoms with van der Waals surface area (Å²) < 4.78 is 24.8. The molecule has 1 aromatic rings. The maximum atomic E-state index is 12.4. The molecule has 1 saturated heterocycles. The Morgan fingerprint density at radius 3 is 2.81 bits per heavy atom. The predicted octanol–water partition coefficient (Wildman–Crippen LogP) is 1.30. The number of hydrogen-bond donors (Lipinski definition) is 1. The minimum absolute atomic E-state index is 0.0493. The van der Waals surface area contributed by atoms with Crippen LogP contribution in [0.25, 0.3) is 0 Å². The van der Waals surface area contributed by atoms with Crippen LogP contribution in [0.5, 0.6) is 0 Å². The third-order valence-electron chi connectivity index (χ3n) is 3.94. The number of aromatic nitrogens is 2. The van der Waals surface area contributed by atoms with Gasteiger partial charge in [-0.2, -0.15) is 5.10 Å². The van der Waals surface area contributed by atoms with E-state index in [-0.39, 0.29) is 33.8 Å². The fourth-order valence-electron chi connectivity index (χ4n) is 2.62. The van der Waals surface area contributed by atoms with Crippen molar-refractivity contribution >= 4 is 27.1 Å². The number of nitrogens with zero attached hydrogens (tertiary/aromatic N) is 2. The van der Waals surface area contributed by atoms with E-state index in [0.29, 0.717) is 18.9 Å². The molecule has 0 radical (unpaired) electrons. The van der Waals surface area contributed by atoms with E-state index in [1.165, 1.54) is 10.9 Å². The first kappa shape index (κ1) is 14.8. The maximum absolute atomic E-state index is 12.4. The highest BCUT2D eigenvalue weighted by atomic mass is 35.5. The van der Waals surface area contributed by atoms with Crippen LogP contribution < -0.4 is 10.9 Å². The average molecular weight is 332 g/mol. The summed E-state index contributed by atoms with van der Waals surface area (Å²) in [6.07, 6.45) is 5.03. The van der Waals surface area contributed by atoms with Gasteiger partial charge in [-0.1, -0.05) is 11.6 Å². The van der Waals surface area contributed by atoms with Crippen molar-refractivity contribution < 1.29 is 8.42 Å². The lowest BCUT2D eigenvalue weighted by molar-refractivity contribution is 0.532. The number of hydrogen-bond acceptors (Lipinski definition) is 5. The van der Waals surface area contributed by atoms with Crippen LogP contribution in [0.3, 0.4) is 0 Å². The molecule has 1 aromatic heterocycles. The summed E-state index contributed by atoms with van der Waals surface area (Å²) in [5, 5.41) is 7.32. The molecule has 1 aliphatic heterocycles. The molecule has 0 aromatic carbocycles. The van der Waals surface area contributed by atoms with Gasteiger partial charge in [0.1, 0.15) is 5.69 Å².